The van der Waals surface area contributed by atoms with Crippen LogP contribution in [0.15, 0.2) is 29.9 Å². The van der Waals surface area contributed by atoms with Gasteiger partial charge in [0.15, 0.2) is 0 Å². The van der Waals surface area contributed by atoms with Crippen molar-refractivity contribution in [1.82, 2.24) is 4.98 Å². The van der Waals surface area contributed by atoms with Gasteiger partial charge in [-0.1, -0.05) is 27.4 Å². The Morgan fingerprint density at radius 3 is 2.57 bits per heavy atom. The molecule has 0 fully saturated rings. The number of hydrogen-bond acceptors (Lipinski definition) is 3. The lowest BCUT2D eigenvalue weighted by atomic mass is 10.2. The van der Waals surface area contributed by atoms with Gasteiger partial charge in [-0.2, -0.15) is 0 Å². The lowest BCUT2D eigenvalue weighted by molar-refractivity contribution is 0.802. The zero-order valence-corrected chi connectivity index (χ0v) is 9.69. The summed E-state index contributed by atoms with van der Waals surface area (Å²) < 4.78 is 0.191. The van der Waals surface area contributed by atoms with E-state index in [0.29, 0.717) is 5.70 Å². The lowest BCUT2D eigenvalue weighted by Crippen LogP contribution is -2.07. The summed E-state index contributed by atoms with van der Waals surface area (Å²) >= 11 is 1.77. The average Bonchev–Trinajstić information content (AvgIpc) is 2.01. The zero-order valence-electron chi connectivity index (χ0n) is 8.87. The molecule has 0 aliphatic rings. The van der Waals surface area contributed by atoms with Crippen molar-refractivity contribution in [1.29, 1.82) is 0 Å². The first kappa shape index (κ1) is 11.1. The van der Waals surface area contributed by atoms with Gasteiger partial charge in [0.05, 0.1) is 0 Å². The molecule has 1 aromatic rings. The largest absolute Gasteiger partial charge is 0.399 e. The fourth-order valence-electron chi connectivity index (χ4n) is 1.00. The Morgan fingerprint density at radius 1 is 1.43 bits per heavy atom. The number of rotatable bonds is 2. The minimum atomic E-state index is 0.191. The number of nitrogens with two attached hydrogens (primary N) is 1. The standard InChI is InChI=1S/C11H16N2S/c1-8(12)9-5-10(7-13-6-9)14-11(2,3)4/h5-7H,1,12H2,2-4H3. The third kappa shape index (κ3) is 3.42. The van der Waals surface area contributed by atoms with E-state index in [4.69, 9.17) is 5.73 Å². The predicted molar refractivity (Wildman–Crippen MR) is 63.1 cm³/mol. The molecule has 0 atom stereocenters. The Morgan fingerprint density at radius 2 is 2.07 bits per heavy atom. The molecule has 2 N–H and O–H groups in total. The topological polar surface area (TPSA) is 38.9 Å². The van der Waals surface area contributed by atoms with E-state index >= 15 is 0 Å². The Hall–Kier alpha value is -0.960. The van der Waals surface area contributed by atoms with E-state index in [1.165, 1.54) is 0 Å². The van der Waals surface area contributed by atoms with Crippen molar-refractivity contribution < 1.29 is 0 Å². The first-order valence-corrected chi connectivity index (χ1v) is 5.29. The minimum absolute atomic E-state index is 0.191. The molecule has 0 spiro atoms. The van der Waals surface area contributed by atoms with Crippen LogP contribution in [0, 0.1) is 0 Å². The van der Waals surface area contributed by atoms with Crippen molar-refractivity contribution in [2.75, 3.05) is 0 Å². The lowest BCUT2D eigenvalue weighted by Gasteiger charge is -2.17. The highest BCUT2D eigenvalue weighted by Gasteiger charge is 2.12. The second-order valence-corrected chi connectivity index (χ2v) is 6.05. The molecule has 76 valence electrons. The molecule has 1 heterocycles. The number of pyridine rings is 1. The summed E-state index contributed by atoms with van der Waals surface area (Å²) in [7, 11) is 0. The quantitative estimate of drug-likeness (QED) is 0.759. The molecule has 3 heteroatoms. The second-order valence-electron chi connectivity index (χ2n) is 4.15. The van der Waals surface area contributed by atoms with Gasteiger partial charge in [-0.15, -0.1) is 11.8 Å². The SMILES string of the molecule is C=C(N)c1cncc(SC(C)(C)C)c1. The smallest absolute Gasteiger partial charge is 0.0404 e. The highest BCUT2D eigenvalue weighted by Crippen LogP contribution is 2.31. The number of thioether (sulfide) groups is 1. The van der Waals surface area contributed by atoms with Crippen LogP contribution in [0.5, 0.6) is 0 Å². The van der Waals surface area contributed by atoms with Crippen LogP contribution in [0.25, 0.3) is 5.70 Å². The Balaban J connectivity index is 2.89. The van der Waals surface area contributed by atoms with Crippen molar-refractivity contribution >= 4 is 17.5 Å². The van der Waals surface area contributed by atoms with E-state index in [2.05, 4.69) is 32.3 Å². The molecule has 0 radical (unpaired) electrons. The molecule has 0 aliphatic heterocycles. The summed E-state index contributed by atoms with van der Waals surface area (Å²) in [4.78, 5) is 5.25. The van der Waals surface area contributed by atoms with Gasteiger partial charge in [0.1, 0.15) is 0 Å². The summed E-state index contributed by atoms with van der Waals surface area (Å²) in [6, 6.07) is 2.02. The van der Waals surface area contributed by atoms with Crippen LogP contribution in [0.1, 0.15) is 26.3 Å². The molecule has 1 rings (SSSR count). The number of aromatic nitrogens is 1. The fraction of sp³-hybridized carbons (Fsp3) is 0.364. The summed E-state index contributed by atoms with van der Waals surface area (Å²) in [5.41, 5.74) is 7.07. The van der Waals surface area contributed by atoms with Crippen molar-refractivity contribution in [3.05, 3.63) is 30.6 Å². The van der Waals surface area contributed by atoms with Crippen LogP contribution in [0.3, 0.4) is 0 Å². The molecular weight excluding hydrogens is 192 g/mol. The molecule has 0 unspecified atom stereocenters. The van der Waals surface area contributed by atoms with Gasteiger partial charge in [0.25, 0.3) is 0 Å². The van der Waals surface area contributed by atoms with Crippen molar-refractivity contribution in [3.63, 3.8) is 0 Å². The summed E-state index contributed by atoms with van der Waals surface area (Å²) in [5, 5.41) is 0. The third-order valence-electron chi connectivity index (χ3n) is 1.51. The van der Waals surface area contributed by atoms with Crippen LogP contribution >= 0.6 is 11.8 Å². The van der Waals surface area contributed by atoms with Gasteiger partial charge < -0.3 is 5.73 Å². The molecule has 0 saturated carbocycles. The normalized spacial score (nSPS) is 11.4. The maximum atomic E-state index is 5.60. The average molecular weight is 208 g/mol. The van der Waals surface area contributed by atoms with Crippen molar-refractivity contribution in [2.45, 2.75) is 30.4 Å². The third-order valence-corrected chi connectivity index (χ3v) is 2.58. The molecular formula is C11H16N2S. The van der Waals surface area contributed by atoms with Crippen LogP contribution in [-0.4, -0.2) is 9.73 Å². The van der Waals surface area contributed by atoms with Gasteiger partial charge in [-0.25, -0.2) is 0 Å². The molecule has 0 aromatic carbocycles. The molecule has 2 nitrogen and oxygen atoms in total. The monoisotopic (exact) mass is 208 g/mol. The Kier molecular flexibility index (Phi) is 3.21. The Bertz CT molecular complexity index is 339. The number of hydrogen-bond donors (Lipinski definition) is 1. The molecule has 1 aromatic heterocycles. The van der Waals surface area contributed by atoms with Crippen molar-refractivity contribution in [3.8, 4) is 0 Å². The van der Waals surface area contributed by atoms with Crippen LogP contribution < -0.4 is 5.73 Å². The first-order valence-electron chi connectivity index (χ1n) is 4.47. The molecule has 0 saturated heterocycles. The summed E-state index contributed by atoms with van der Waals surface area (Å²) in [5.74, 6) is 0. The highest BCUT2D eigenvalue weighted by molar-refractivity contribution is 8.00. The van der Waals surface area contributed by atoms with Crippen LogP contribution in [-0.2, 0) is 0 Å². The van der Waals surface area contributed by atoms with E-state index in [-0.39, 0.29) is 4.75 Å². The first-order chi connectivity index (χ1) is 6.38. The van der Waals surface area contributed by atoms with Gasteiger partial charge in [-0.3, -0.25) is 4.98 Å². The maximum Gasteiger partial charge on any atom is 0.0404 e. The highest BCUT2D eigenvalue weighted by atomic mass is 32.2. The molecule has 14 heavy (non-hydrogen) atoms. The molecule has 0 amide bonds. The predicted octanol–water partition coefficient (Wildman–Crippen LogP) is 2.90. The van der Waals surface area contributed by atoms with Gasteiger partial charge in [0.2, 0.25) is 0 Å². The van der Waals surface area contributed by atoms with Gasteiger partial charge in [-0.05, 0) is 6.07 Å². The zero-order chi connectivity index (χ0) is 10.8. The van der Waals surface area contributed by atoms with Crippen LogP contribution in [0.2, 0.25) is 0 Å². The Labute approximate surface area is 89.6 Å². The van der Waals surface area contributed by atoms with E-state index in [9.17, 15) is 0 Å². The van der Waals surface area contributed by atoms with Gasteiger partial charge in [0, 0.05) is 33.3 Å². The fourth-order valence-corrected chi connectivity index (χ4v) is 2.01. The second kappa shape index (κ2) is 4.05. The van der Waals surface area contributed by atoms with E-state index < -0.39 is 0 Å². The minimum Gasteiger partial charge on any atom is -0.399 e. The van der Waals surface area contributed by atoms with Gasteiger partial charge >= 0.3 is 0 Å². The van der Waals surface area contributed by atoms with E-state index in [1.807, 2.05) is 12.3 Å². The summed E-state index contributed by atoms with van der Waals surface area (Å²) in [6.45, 7) is 10.2. The molecule has 0 bridgehead atoms. The van der Waals surface area contributed by atoms with E-state index in [1.54, 1.807) is 18.0 Å². The van der Waals surface area contributed by atoms with E-state index in [0.717, 1.165) is 10.5 Å². The number of nitrogens with zero attached hydrogens (tertiary/aromatic N) is 1. The van der Waals surface area contributed by atoms with Crippen molar-refractivity contribution in [2.24, 2.45) is 5.73 Å². The summed E-state index contributed by atoms with van der Waals surface area (Å²) in [6.07, 6.45) is 3.58. The van der Waals surface area contributed by atoms with Crippen LogP contribution in [0.4, 0.5) is 0 Å². The molecule has 0 aliphatic carbocycles. The maximum absolute atomic E-state index is 5.60.